The van der Waals surface area contributed by atoms with Crippen molar-refractivity contribution in [3.05, 3.63) is 0 Å². The summed E-state index contributed by atoms with van der Waals surface area (Å²) in [5.74, 6) is 1.64. The molecule has 2 unspecified atom stereocenters. The summed E-state index contributed by atoms with van der Waals surface area (Å²) >= 11 is 0. The van der Waals surface area contributed by atoms with Gasteiger partial charge >= 0.3 is 0 Å². The molecule has 1 heterocycles. The number of rotatable bonds is 4. The van der Waals surface area contributed by atoms with E-state index in [2.05, 4.69) is 37.9 Å². The van der Waals surface area contributed by atoms with Crippen molar-refractivity contribution in [3.8, 4) is 0 Å². The first-order chi connectivity index (χ1) is 7.09. The van der Waals surface area contributed by atoms with E-state index in [4.69, 9.17) is 0 Å². The van der Waals surface area contributed by atoms with Crippen LogP contribution >= 0.6 is 0 Å². The van der Waals surface area contributed by atoms with Crippen LogP contribution in [0.4, 0.5) is 0 Å². The third-order valence-corrected chi connectivity index (χ3v) is 3.40. The van der Waals surface area contributed by atoms with Crippen molar-refractivity contribution in [3.63, 3.8) is 0 Å². The third kappa shape index (κ3) is 4.98. The molecule has 0 bridgehead atoms. The topological polar surface area (TPSA) is 15.3 Å². The molecule has 2 heteroatoms. The van der Waals surface area contributed by atoms with E-state index in [1.807, 2.05) is 0 Å². The van der Waals surface area contributed by atoms with Crippen LogP contribution in [0.3, 0.4) is 0 Å². The molecule has 2 nitrogen and oxygen atoms in total. The minimum absolute atomic E-state index is 0.759. The molecule has 1 rings (SSSR count). The Morgan fingerprint density at radius 3 is 2.67 bits per heavy atom. The van der Waals surface area contributed by atoms with Crippen LogP contribution in [0.2, 0.25) is 0 Å². The van der Waals surface area contributed by atoms with Gasteiger partial charge in [0.25, 0.3) is 0 Å². The Hall–Kier alpha value is -0.0800. The molecule has 1 fully saturated rings. The lowest BCUT2D eigenvalue weighted by molar-refractivity contribution is 0.187. The highest BCUT2D eigenvalue weighted by Crippen LogP contribution is 2.14. The Labute approximate surface area is 95.4 Å². The lowest BCUT2D eigenvalue weighted by Crippen LogP contribution is -2.37. The minimum atomic E-state index is 0.759. The number of nitrogens with zero attached hydrogens (tertiary/aromatic N) is 1. The summed E-state index contributed by atoms with van der Waals surface area (Å²) in [4.78, 5) is 2.66. The second-order valence-corrected chi connectivity index (χ2v) is 5.62. The molecule has 1 aliphatic heterocycles. The van der Waals surface area contributed by atoms with Gasteiger partial charge in [0, 0.05) is 25.7 Å². The molecule has 0 saturated carbocycles. The van der Waals surface area contributed by atoms with Gasteiger partial charge in [-0.15, -0.1) is 0 Å². The molecule has 2 atom stereocenters. The highest BCUT2D eigenvalue weighted by Gasteiger charge is 2.18. The van der Waals surface area contributed by atoms with E-state index < -0.39 is 0 Å². The lowest BCUT2D eigenvalue weighted by atomic mass is 10.0. The molecule has 0 aromatic carbocycles. The average Bonchev–Trinajstić information content (AvgIpc) is 2.39. The van der Waals surface area contributed by atoms with Crippen molar-refractivity contribution in [1.29, 1.82) is 0 Å². The SMILES string of the molecule is CC(C)CCC(C)N1CCNCC(C)C1. The third-order valence-electron chi connectivity index (χ3n) is 3.40. The predicted octanol–water partition coefficient (Wildman–Crippen LogP) is 2.35. The van der Waals surface area contributed by atoms with Gasteiger partial charge < -0.3 is 5.32 Å². The Morgan fingerprint density at radius 2 is 2.00 bits per heavy atom. The van der Waals surface area contributed by atoms with E-state index in [-0.39, 0.29) is 0 Å². The summed E-state index contributed by atoms with van der Waals surface area (Å²) in [7, 11) is 0. The minimum Gasteiger partial charge on any atom is -0.315 e. The molecule has 0 radical (unpaired) electrons. The zero-order chi connectivity index (χ0) is 11.3. The summed E-state index contributed by atoms with van der Waals surface area (Å²) in [6.07, 6.45) is 2.71. The maximum atomic E-state index is 3.51. The molecular formula is C13H28N2. The van der Waals surface area contributed by atoms with E-state index in [1.165, 1.54) is 32.5 Å². The van der Waals surface area contributed by atoms with Gasteiger partial charge in [-0.05, 0) is 38.1 Å². The van der Waals surface area contributed by atoms with E-state index in [1.54, 1.807) is 0 Å². The number of nitrogens with one attached hydrogen (secondary N) is 1. The van der Waals surface area contributed by atoms with E-state index >= 15 is 0 Å². The van der Waals surface area contributed by atoms with Gasteiger partial charge in [-0.2, -0.15) is 0 Å². The first kappa shape index (κ1) is 13.0. The number of hydrogen-bond acceptors (Lipinski definition) is 2. The van der Waals surface area contributed by atoms with E-state index in [9.17, 15) is 0 Å². The van der Waals surface area contributed by atoms with Crippen molar-refractivity contribution in [1.82, 2.24) is 10.2 Å². The van der Waals surface area contributed by atoms with Crippen LogP contribution in [0, 0.1) is 11.8 Å². The fourth-order valence-electron chi connectivity index (χ4n) is 2.28. The molecule has 0 spiro atoms. The molecule has 0 aromatic rings. The smallest absolute Gasteiger partial charge is 0.0110 e. The maximum absolute atomic E-state index is 3.51. The molecule has 0 aliphatic carbocycles. The van der Waals surface area contributed by atoms with Crippen LogP contribution in [0.5, 0.6) is 0 Å². The summed E-state index contributed by atoms with van der Waals surface area (Å²) in [5, 5.41) is 3.51. The van der Waals surface area contributed by atoms with Crippen molar-refractivity contribution in [2.75, 3.05) is 26.2 Å². The molecular weight excluding hydrogens is 184 g/mol. The van der Waals surface area contributed by atoms with Crippen LogP contribution in [-0.2, 0) is 0 Å². The second kappa shape index (κ2) is 6.49. The molecule has 1 aliphatic rings. The van der Waals surface area contributed by atoms with Gasteiger partial charge in [0.05, 0.1) is 0 Å². The lowest BCUT2D eigenvalue weighted by Gasteiger charge is -2.29. The molecule has 0 aromatic heterocycles. The van der Waals surface area contributed by atoms with Gasteiger partial charge in [0.2, 0.25) is 0 Å². The van der Waals surface area contributed by atoms with Gasteiger partial charge in [0.15, 0.2) is 0 Å². The molecule has 1 N–H and O–H groups in total. The largest absolute Gasteiger partial charge is 0.315 e. The van der Waals surface area contributed by atoms with Crippen LogP contribution in [0.25, 0.3) is 0 Å². The van der Waals surface area contributed by atoms with Crippen molar-refractivity contribution in [2.45, 2.75) is 46.6 Å². The fourth-order valence-corrected chi connectivity index (χ4v) is 2.28. The summed E-state index contributed by atoms with van der Waals surface area (Å²) in [5.41, 5.74) is 0. The van der Waals surface area contributed by atoms with Crippen molar-refractivity contribution < 1.29 is 0 Å². The quantitative estimate of drug-likeness (QED) is 0.769. The van der Waals surface area contributed by atoms with E-state index in [0.717, 1.165) is 24.4 Å². The standard InChI is InChI=1S/C13H28N2/c1-11(2)5-6-13(4)15-8-7-14-9-12(3)10-15/h11-14H,5-10H2,1-4H3. The first-order valence-electron chi connectivity index (χ1n) is 6.54. The Bertz CT molecular complexity index is 168. The zero-order valence-corrected chi connectivity index (χ0v) is 10.9. The van der Waals surface area contributed by atoms with Crippen LogP contribution in [-0.4, -0.2) is 37.1 Å². The first-order valence-corrected chi connectivity index (χ1v) is 6.54. The summed E-state index contributed by atoms with van der Waals surface area (Å²) in [6.45, 7) is 14.2. The maximum Gasteiger partial charge on any atom is 0.0110 e. The average molecular weight is 212 g/mol. The van der Waals surface area contributed by atoms with Crippen LogP contribution in [0.1, 0.15) is 40.5 Å². The molecule has 0 amide bonds. The Kier molecular flexibility index (Phi) is 5.62. The highest BCUT2D eigenvalue weighted by molar-refractivity contribution is 4.75. The second-order valence-electron chi connectivity index (χ2n) is 5.62. The Balaban J connectivity index is 2.32. The van der Waals surface area contributed by atoms with Crippen LogP contribution < -0.4 is 5.32 Å². The molecule has 1 saturated heterocycles. The zero-order valence-electron chi connectivity index (χ0n) is 10.9. The highest BCUT2D eigenvalue weighted by atomic mass is 15.2. The summed E-state index contributed by atoms with van der Waals surface area (Å²) in [6, 6.07) is 0.759. The summed E-state index contributed by atoms with van der Waals surface area (Å²) < 4.78 is 0. The van der Waals surface area contributed by atoms with Gasteiger partial charge in [-0.1, -0.05) is 20.8 Å². The van der Waals surface area contributed by atoms with Gasteiger partial charge in [-0.25, -0.2) is 0 Å². The Morgan fingerprint density at radius 1 is 1.27 bits per heavy atom. The predicted molar refractivity (Wildman–Crippen MR) is 67.1 cm³/mol. The number of hydrogen-bond donors (Lipinski definition) is 1. The van der Waals surface area contributed by atoms with Gasteiger partial charge in [-0.3, -0.25) is 4.90 Å². The molecule has 15 heavy (non-hydrogen) atoms. The van der Waals surface area contributed by atoms with Crippen LogP contribution in [0.15, 0.2) is 0 Å². The van der Waals surface area contributed by atoms with Crippen molar-refractivity contribution >= 4 is 0 Å². The van der Waals surface area contributed by atoms with Crippen molar-refractivity contribution in [2.24, 2.45) is 11.8 Å². The van der Waals surface area contributed by atoms with E-state index in [0.29, 0.717) is 0 Å². The normalized spacial score (nSPS) is 26.6. The fraction of sp³-hybridized carbons (Fsp3) is 1.00. The monoisotopic (exact) mass is 212 g/mol. The van der Waals surface area contributed by atoms with Gasteiger partial charge in [0.1, 0.15) is 0 Å². The molecule has 90 valence electrons.